The molecule has 0 aliphatic rings. The van der Waals surface area contributed by atoms with Crippen LogP contribution in [0, 0.1) is 20.8 Å². The fourth-order valence-electron chi connectivity index (χ4n) is 1.84. The number of hydrogen-bond donors (Lipinski definition) is 0. The Morgan fingerprint density at radius 1 is 0.714 bits per heavy atom. The van der Waals surface area contributed by atoms with Crippen LogP contribution in [0.1, 0.15) is 69.1 Å². The standard InChI is InChI=1S/C10H22O2.C9H12/c1-3-5-7-9-11-12-10-8-6-4-2;1-7-5-4-6-8(2)9(7)3/h3-10H2,1-2H3;4-6H,1-3H3. The molecule has 0 radical (unpaired) electrons. The van der Waals surface area contributed by atoms with Crippen LogP contribution in [0.15, 0.2) is 18.2 Å². The second-order valence-electron chi connectivity index (χ2n) is 5.57. The Bertz CT molecular complexity index is 317. The summed E-state index contributed by atoms with van der Waals surface area (Å²) in [4.78, 5) is 9.96. The van der Waals surface area contributed by atoms with E-state index in [0.29, 0.717) is 0 Å². The smallest absolute Gasteiger partial charge is 0.0822 e. The molecule has 0 spiro atoms. The third-order valence-corrected chi connectivity index (χ3v) is 3.62. The lowest BCUT2D eigenvalue weighted by molar-refractivity contribution is -0.295. The van der Waals surface area contributed by atoms with Crippen molar-refractivity contribution in [1.29, 1.82) is 0 Å². The summed E-state index contributed by atoms with van der Waals surface area (Å²) < 4.78 is 0. The Labute approximate surface area is 131 Å². The molecule has 0 atom stereocenters. The first-order valence-corrected chi connectivity index (χ1v) is 8.40. The topological polar surface area (TPSA) is 18.5 Å². The van der Waals surface area contributed by atoms with Crippen LogP contribution in [0.2, 0.25) is 0 Å². The van der Waals surface area contributed by atoms with E-state index in [1.54, 1.807) is 0 Å². The van der Waals surface area contributed by atoms with E-state index in [2.05, 4.69) is 52.8 Å². The molecule has 0 N–H and O–H groups in total. The number of hydrogen-bond acceptors (Lipinski definition) is 2. The minimum Gasteiger partial charge on any atom is -0.237 e. The highest BCUT2D eigenvalue weighted by atomic mass is 17.2. The first kappa shape index (κ1) is 20.1. The highest BCUT2D eigenvalue weighted by molar-refractivity contribution is 5.31. The average Bonchev–Trinajstić information content (AvgIpc) is 2.48. The highest BCUT2D eigenvalue weighted by Gasteiger charge is 1.92. The lowest BCUT2D eigenvalue weighted by Gasteiger charge is -2.02. The molecule has 0 amide bonds. The van der Waals surface area contributed by atoms with Gasteiger partial charge in [0.2, 0.25) is 0 Å². The predicted octanol–water partition coefficient (Wildman–Crippen LogP) is 5.93. The summed E-state index contributed by atoms with van der Waals surface area (Å²) in [5, 5.41) is 0. The van der Waals surface area contributed by atoms with Gasteiger partial charge in [-0.2, -0.15) is 0 Å². The largest absolute Gasteiger partial charge is 0.237 e. The van der Waals surface area contributed by atoms with Crippen molar-refractivity contribution in [2.45, 2.75) is 73.1 Å². The van der Waals surface area contributed by atoms with Crippen molar-refractivity contribution in [3.63, 3.8) is 0 Å². The SMILES string of the molecule is CCCCCOOCCCCC.Cc1cccc(C)c1C. The van der Waals surface area contributed by atoms with Crippen LogP contribution in [-0.2, 0) is 9.78 Å². The van der Waals surface area contributed by atoms with Gasteiger partial charge in [0.25, 0.3) is 0 Å². The molecule has 1 aromatic carbocycles. The van der Waals surface area contributed by atoms with Crippen LogP contribution in [0.4, 0.5) is 0 Å². The van der Waals surface area contributed by atoms with E-state index in [9.17, 15) is 0 Å². The monoisotopic (exact) mass is 294 g/mol. The van der Waals surface area contributed by atoms with Crippen molar-refractivity contribution in [1.82, 2.24) is 0 Å². The summed E-state index contributed by atoms with van der Waals surface area (Å²) in [6.07, 6.45) is 7.17. The first-order chi connectivity index (χ1) is 10.1. The Morgan fingerprint density at radius 3 is 1.48 bits per heavy atom. The first-order valence-electron chi connectivity index (χ1n) is 8.40. The zero-order chi connectivity index (χ0) is 15.9. The van der Waals surface area contributed by atoms with Crippen LogP contribution < -0.4 is 0 Å². The molecule has 0 bridgehead atoms. The van der Waals surface area contributed by atoms with E-state index >= 15 is 0 Å². The van der Waals surface area contributed by atoms with E-state index in [0.717, 1.165) is 26.1 Å². The van der Waals surface area contributed by atoms with Crippen molar-refractivity contribution in [3.8, 4) is 0 Å². The maximum absolute atomic E-state index is 4.98. The second kappa shape index (κ2) is 14.1. The Morgan fingerprint density at radius 2 is 1.14 bits per heavy atom. The number of benzene rings is 1. The van der Waals surface area contributed by atoms with Crippen LogP contribution in [0.25, 0.3) is 0 Å². The van der Waals surface area contributed by atoms with Gasteiger partial charge in [-0.25, -0.2) is 9.78 Å². The Balaban J connectivity index is 0.000000394. The van der Waals surface area contributed by atoms with Gasteiger partial charge in [-0.3, -0.25) is 0 Å². The van der Waals surface area contributed by atoms with Gasteiger partial charge in [0.15, 0.2) is 0 Å². The molecule has 2 nitrogen and oxygen atoms in total. The van der Waals surface area contributed by atoms with Crippen molar-refractivity contribution < 1.29 is 9.78 Å². The minimum absolute atomic E-state index is 0.750. The lowest BCUT2D eigenvalue weighted by Crippen LogP contribution is -1.98. The third-order valence-electron chi connectivity index (χ3n) is 3.62. The molecule has 0 saturated carbocycles. The summed E-state index contributed by atoms with van der Waals surface area (Å²) in [5.74, 6) is 0. The van der Waals surface area contributed by atoms with Gasteiger partial charge in [0, 0.05) is 0 Å². The fraction of sp³-hybridized carbons (Fsp3) is 0.684. The molecule has 122 valence electrons. The molecule has 1 aromatic rings. The summed E-state index contributed by atoms with van der Waals surface area (Å²) in [6.45, 7) is 12.3. The molecule has 1 rings (SSSR count). The molecular formula is C19H34O2. The molecule has 0 unspecified atom stereocenters. The van der Waals surface area contributed by atoms with Crippen molar-refractivity contribution in [2.75, 3.05) is 13.2 Å². The minimum atomic E-state index is 0.750. The summed E-state index contributed by atoms with van der Waals surface area (Å²) >= 11 is 0. The normalized spacial score (nSPS) is 10.1. The molecule has 2 heteroatoms. The molecule has 0 aliphatic heterocycles. The zero-order valence-corrected chi connectivity index (χ0v) is 14.7. The maximum atomic E-state index is 4.98. The molecular weight excluding hydrogens is 260 g/mol. The lowest BCUT2D eigenvalue weighted by atomic mass is 10.1. The van der Waals surface area contributed by atoms with E-state index < -0.39 is 0 Å². The van der Waals surface area contributed by atoms with Gasteiger partial charge < -0.3 is 0 Å². The molecule has 0 aromatic heterocycles. The van der Waals surface area contributed by atoms with Crippen LogP contribution in [-0.4, -0.2) is 13.2 Å². The molecule has 21 heavy (non-hydrogen) atoms. The van der Waals surface area contributed by atoms with E-state index in [1.807, 2.05) is 0 Å². The summed E-state index contributed by atoms with van der Waals surface area (Å²) in [7, 11) is 0. The number of unbranched alkanes of at least 4 members (excludes halogenated alkanes) is 4. The summed E-state index contributed by atoms with van der Waals surface area (Å²) in [5.41, 5.74) is 4.18. The zero-order valence-electron chi connectivity index (χ0n) is 14.7. The summed E-state index contributed by atoms with van der Waals surface area (Å²) in [6, 6.07) is 6.38. The van der Waals surface area contributed by atoms with E-state index in [-0.39, 0.29) is 0 Å². The molecule has 0 fully saturated rings. The van der Waals surface area contributed by atoms with Crippen molar-refractivity contribution in [2.24, 2.45) is 0 Å². The van der Waals surface area contributed by atoms with Gasteiger partial charge in [-0.15, -0.1) is 0 Å². The van der Waals surface area contributed by atoms with Crippen LogP contribution in [0.3, 0.4) is 0 Å². The van der Waals surface area contributed by atoms with Crippen molar-refractivity contribution in [3.05, 3.63) is 34.9 Å². The third kappa shape index (κ3) is 11.5. The van der Waals surface area contributed by atoms with Gasteiger partial charge >= 0.3 is 0 Å². The molecule has 0 saturated heterocycles. The van der Waals surface area contributed by atoms with Crippen LogP contribution >= 0.6 is 0 Å². The average molecular weight is 294 g/mol. The van der Waals surface area contributed by atoms with Crippen LogP contribution in [0.5, 0.6) is 0 Å². The highest BCUT2D eigenvalue weighted by Crippen LogP contribution is 2.09. The molecule has 0 heterocycles. The second-order valence-corrected chi connectivity index (χ2v) is 5.57. The predicted molar refractivity (Wildman–Crippen MR) is 91.6 cm³/mol. The van der Waals surface area contributed by atoms with Gasteiger partial charge in [0.1, 0.15) is 0 Å². The number of aryl methyl sites for hydroxylation is 2. The van der Waals surface area contributed by atoms with Gasteiger partial charge in [-0.1, -0.05) is 57.7 Å². The quantitative estimate of drug-likeness (QED) is 0.319. The Hall–Kier alpha value is -0.860. The van der Waals surface area contributed by atoms with E-state index in [1.165, 1.54) is 42.4 Å². The van der Waals surface area contributed by atoms with Gasteiger partial charge in [0.05, 0.1) is 13.2 Å². The number of rotatable bonds is 9. The fourth-order valence-corrected chi connectivity index (χ4v) is 1.84. The van der Waals surface area contributed by atoms with Crippen molar-refractivity contribution >= 4 is 0 Å². The van der Waals surface area contributed by atoms with E-state index in [4.69, 9.17) is 9.78 Å². The molecule has 0 aliphatic carbocycles. The van der Waals surface area contributed by atoms with Gasteiger partial charge in [-0.05, 0) is 50.3 Å². The Kier molecular flexibility index (Phi) is 13.5. The maximum Gasteiger partial charge on any atom is 0.0822 e.